The maximum absolute atomic E-state index is 12.1. The summed E-state index contributed by atoms with van der Waals surface area (Å²) < 4.78 is 16.0. The highest BCUT2D eigenvalue weighted by Gasteiger charge is 2.35. The van der Waals surface area contributed by atoms with E-state index < -0.39 is 36.7 Å². The first-order chi connectivity index (χ1) is 27.7. The number of rotatable bonds is 38. The molecule has 0 amide bonds. The van der Waals surface area contributed by atoms with Gasteiger partial charge in [-0.05, 0) is 38.0 Å². The van der Waals surface area contributed by atoms with Gasteiger partial charge in [-0.15, -0.1) is 0 Å². The highest BCUT2D eigenvalue weighted by Crippen LogP contribution is 2.29. The van der Waals surface area contributed by atoms with Crippen molar-refractivity contribution < 1.29 is 44.2 Å². The summed E-state index contributed by atoms with van der Waals surface area (Å²) in [6, 6.07) is 0. The van der Waals surface area contributed by atoms with Gasteiger partial charge in [0.05, 0.1) is 18.3 Å². The summed E-state index contributed by atoms with van der Waals surface area (Å²) in [4.78, 5) is 24.2. The lowest BCUT2D eigenvalue weighted by molar-refractivity contribution is -0.199. The summed E-state index contributed by atoms with van der Waals surface area (Å²) in [6.45, 7) is 6.39. The Morgan fingerprint density at radius 1 is 0.667 bits per heavy atom. The zero-order chi connectivity index (χ0) is 41.8. The molecule has 1 fully saturated rings. The number of aliphatic hydroxyl groups is 4. The van der Waals surface area contributed by atoms with Gasteiger partial charge in [-0.3, -0.25) is 9.59 Å². The van der Waals surface area contributed by atoms with Gasteiger partial charge >= 0.3 is 11.9 Å². The highest BCUT2D eigenvalue weighted by molar-refractivity contribution is 5.69. The maximum atomic E-state index is 12.1. The zero-order valence-electron chi connectivity index (χ0n) is 36.8. The first kappa shape index (κ1) is 53.2. The third kappa shape index (κ3) is 31.8. The molecule has 0 radical (unpaired) electrons. The molecule has 1 saturated heterocycles. The van der Waals surface area contributed by atoms with Crippen molar-refractivity contribution in [1.29, 1.82) is 0 Å². The van der Waals surface area contributed by atoms with Gasteiger partial charge in [0.25, 0.3) is 0 Å². The highest BCUT2D eigenvalue weighted by atomic mass is 16.6. The van der Waals surface area contributed by atoms with Gasteiger partial charge in [0.15, 0.2) is 6.29 Å². The van der Waals surface area contributed by atoms with Crippen molar-refractivity contribution in [3.8, 4) is 0 Å². The van der Waals surface area contributed by atoms with Crippen molar-refractivity contribution >= 4 is 11.9 Å². The first-order valence-electron chi connectivity index (χ1n) is 23.7. The lowest BCUT2D eigenvalue weighted by Gasteiger charge is -2.36. The second-order valence-electron chi connectivity index (χ2n) is 17.0. The van der Waals surface area contributed by atoms with Crippen LogP contribution in [-0.2, 0) is 23.8 Å². The summed E-state index contributed by atoms with van der Waals surface area (Å²) in [7, 11) is 0. The van der Waals surface area contributed by atoms with E-state index in [1.165, 1.54) is 109 Å². The molecule has 334 valence electrons. The summed E-state index contributed by atoms with van der Waals surface area (Å²) in [6.07, 6.45) is 35.8. The summed E-state index contributed by atoms with van der Waals surface area (Å²) in [5.41, 5.74) is 0. The predicted octanol–water partition coefficient (Wildman–Crippen LogP) is 11.0. The smallest absolute Gasteiger partial charge is 0.305 e. The van der Waals surface area contributed by atoms with Crippen molar-refractivity contribution in [2.24, 2.45) is 11.8 Å². The van der Waals surface area contributed by atoms with Crippen LogP contribution in [0.2, 0.25) is 0 Å². The van der Waals surface area contributed by atoms with Crippen LogP contribution in [0, 0.1) is 11.8 Å². The van der Waals surface area contributed by atoms with Crippen LogP contribution in [0.3, 0.4) is 0 Å². The molecule has 0 aromatic heterocycles. The van der Waals surface area contributed by atoms with Crippen LogP contribution in [-0.4, -0.2) is 76.3 Å². The average Bonchev–Trinajstić information content (AvgIpc) is 3.19. The Hall–Kier alpha value is -1.78. The number of ether oxygens (including phenoxy) is 3. The van der Waals surface area contributed by atoms with E-state index in [-0.39, 0.29) is 37.9 Å². The lowest BCUT2D eigenvalue weighted by Crippen LogP contribution is -2.43. The molecule has 9 heteroatoms. The molecule has 0 saturated carbocycles. The number of unbranched alkanes of at least 4 members (excludes halogenated alkanes) is 20. The van der Waals surface area contributed by atoms with Crippen LogP contribution in [0.15, 0.2) is 24.3 Å². The van der Waals surface area contributed by atoms with Crippen LogP contribution in [0.5, 0.6) is 0 Å². The van der Waals surface area contributed by atoms with Gasteiger partial charge in [-0.25, -0.2) is 0 Å². The second kappa shape index (κ2) is 37.2. The van der Waals surface area contributed by atoms with E-state index in [0.29, 0.717) is 32.1 Å². The minimum Gasteiger partial charge on any atom is -0.463 e. The van der Waals surface area contributed by atoms with Crippen molar-refractivity contribution in [3.05, 3.63) is 24.3 Å². The molecular weight excluding hydrogens is 721 g/mol. The third-order valence-electron chi connectivity index (χ3n) is 11.5. The van der Waals surface area contributed by atoms with E-state index in [1.54, 1.807) is 12.2 Å². The molecule has 7 atom stereocenters. The SMILES string of the molecule is CCCCC[C@H](O)/C=C/[C@H]1OC(O)C[C@H](O)[C@@H]1C/C=C\CCCC(=O)OC[C@H](O)COC(=O)CCCCCCCCCCCCCCCCCCCCC(C)CC. The minimum absolute atomic E-state index is 0.137. The van der Waals surface area contributed by atoms with Crippen molar-refractivity contribution in [2.75, 3.05) is 13.2 Å². The Labute approximate surface area is 348 Å². The largest absolute Gasteiger partial charge is 0.463 e. The summed E-state index contributed by atoms with van der Waals surface area (Å²) in [5.74, 6) is -0.0979. The fraction of sp³-hybridized carbons (Fsp3) is 0.875. The molecule has 57 heavy (non-hydrogen) atoms. The van der Waals surface area contributed by atoms with Crippen LogP contribution >= 0.6 is 0 Å². The Morgan fingerprint density at radius 3 is 1.68 bits per heavy atom. The Morgan fingerprint density at radius 2 is 1.16 bits per heavy atom. The van der Waals surface area contributed by atoms with Gasteiger partial charge in [-0.2, -0.15) is 0 Å². The lowest BCUT2D eigenvalue weighted by atomic mass is 9.87. The van der Waals surface area contributed by atoms with E-state index in [1.807, 2.05) is 12.2 Å². The normalized spacial score (nSPS) is 20.3. The fourth-order valence-electron chi connectivity index (χ4n) is 7.46. The number of allylic oxidation sites excluding steroid dienone is 2. The monoisotopic (exact) mass is 809 g/mol. The molecule has 2 unspecified atom stereocenters. The molecule has 0 aliphatic carbocycles. The van der Waals surface area contributed by atoms with E-state index in [2.05, 4.69) is 20.8 Å². The van der Waals surface area contributed by atoms with Gasteiger partial charge in [0.2, 0.25) is 0 Å². The summed E-state index contributed by atoms with van der Waals surface area (Å²) >= 11 is 0. The van der Waals surface area contributed by atoms with Crippen LogP contribution < -0.4 is 0 Å². The van der Waals surface area contributed by atoms with Crippen molar-refractivity contribution in [3.63, 3.8) is 0 Å². The van der Waals surface area contributed by atoms with Gasteiger partial charge < -0.3 is 34.6 Å². The molecule has 0 aromatic carbocycles. The maximum Gasteiger partial charge on any atom is 0.305 e. The first-order valence-corrected chi connectivity index (χ1v) is 23.7. The number of aliphatic hydroxyl groups excluding tert-OH is 4. The molecular formula is C48H88O9. The number of esters is 2. The fourth-order valence-corrected chi connectivity index (χ4v) is 7.46. The molecule has 0 bridgehead atoms. The standard InChI is InChI=1S/C48H88O9/c1-4-6-25-31-41(49)35-36-45-43(44(51)37-48(54)57-45)32-27-23-24-29-34-47(53)56-39-42(50)38-55-46(52)33-28-22-20-18-16-14-12-10-8-7-9-11-13-15-17-19-21-26-30-40(3)5-2/h23,27,35-36,40-45,48-51,54H,4-22,24-26,28-34,37-39H2,1-3H3/b27-23-,36-35+/t40?,41-,42+,43-,44-,45+,48?/m0/s1. The van der Waals surface area contributed by atoms with E-state index in [0.717, 1.165) is 44.4 Å². The van der Waals surface area contributed by atoms with Crippen LogP contribution in [0.1, 0.15) is 213 Å². The summed E-state index contributed by atoms with van der Waals surface area (Å²) in [5, 5.41) is 40.9. The molecule has 0 spiro atoms. The molecule has 0 aromatic rings. The quantitative estimate of drug-likeness (QED) is 0.0272. The Kier molecular flexibility index (Phi) is 34.8. The second-order valence-corrected chi connectivity index (χ2v) is 17.0. The number of hydrogen-bond acceptors (Lipinski definition) is 9. The number of hydrogen-bond donors (Lipinski definition) is 4. The molecule has 1 rings (SSSR count). The van der Waals surface area contributed by atoms with Crippen LogP contribution in [0.4, 0.5) is 0 Å². The minimum atomic E-state index is -1.05. The van der Waals surface area contributed by atoms with Gasteiger partial charge in [-0.1, -0.05) is 186 Å². The van der Waals surface area contributed by atoms with E-state index in [9.17, 15) is 30.0 Å². The Balaban J connectivity index is 1.97. The number of carbonyl (C=O) groups excluding carboxylic acids is 2. The van der Waals surface area contributed by atoms with E-state index >= 15 is 0 Å². The van der Waals surface area contributed by atoms with Crippen molar-refractivity contribution in [1.82, 2.24) is 0 Å². The Bertz CT molecular complexity index is 1000. The van der Waals surface area contributed by atoms with Crippen LogP contribution in [0.25, 0.3) is 0 Å². The van der Waals surface area contributed by atoms with Gasteiger partial charge in [0, 0.05) is 25.2 Å². The molecule has 1 aliphatic heterocycles. The van der Waals surface area contributed by atoms with Crippen molar-refractivity contribution in [2.45, 2.75) is 244 Å². The molecule has 1 aliphatic rings. The van der Waals surface area contributed by atoms with Gasteiger partial charge in [0.1, 0.15) is 19.3 Å². The third-order valence-corrected chi connectivity index (χ3v) is 11.5. The number of carbonyl (C=O) groups is 2. The topological polar surface area (TPSA) is 143 Å². The predicted molar refractivity (Wildman–Crippen MR) is 232 cm³/mol. The molecule has 4 N–H and O–H groups in total. The molecule has 1 heterocycles. The zero-order valence-corrected chi connectivity index (χ0v) is 36.8. The molecule has 9 nitrogen and oxygen atoms in total. The average molecular weight is 809 g/mol. The van der Waals surface area contributed by atoms with E-state index in [4.69, 9.17) is 14.2 Å².